The van der Waals surface area contributed by atoms with E-state index in [1.54, 1.807) is 7.11 Å². The van der Waals surface area contributed by atoms with Crippen molar-refractivity contribution in [1.29, 1.82) is 0 Å². The Kier molecular flexibility index (Phi) is 7.09. The summed E-state index contributed by atoms with van der Waals surface area (Å²) in [6, 6.07) is 35.9. The zero-order chi connectivity index (χ0) is 34.3. The smallest absolute Gasteiger partial charge is 0.178 e. The average molecular weight is 660 g/mol. The number of benzene rings is 5. The van der Waals surface area contributed by atoms with Gasteiger partial charge in [0.15, 0.2) is 5.60 Å². The standard InChI is InChI=1S/C47H49NO2/c1-44(2)29-45(3,4)31-46(30-44)40-16-10-9-15-38(40)41-36-13-7-8-14-37(36)43-39(42(41)46)25-26-47(50-43,33-19-23-35(49-5)24-20-33)32-17-21-34(22-18-32)48-27-11-6-12-28-48/h7-10,13-26H,6,11-12,27-31H2,1-5H3. The third-order valence-electron chi connectivity index (χ3n) is 12.2. The molecule has 9 rings (SSSR count). The summed E-state index contributed by atoms with van der Waals surface area (Å²) in [6.07, 6.45) is 12.1. The summed E-state index contributed by atoms with van der Waals surface area (Å²) in [4.78, 5) is 2.53. The van der Waals surface area contributed by atoms with Gasteiger partial charge < -0.3 is 14.4 Å². The molecule has 0 amide bonds. The molecule has 1 spiro atoms. The summed E-state index contributed by atoms with van der Waals surface area (Å²) < 4.78 is 13.3. The number of fused-ring (bicyclic) bond motifs is 10. The van der Waals surface area contributed by atoms with Crippen molar-refractivity contribution < 1.29 is 9.47 Å². The minimum atomic E-state index is -0.805. The Hall–Kier alpha value is -4.50. The van der Waals surface area contributed by atoms with Gasteiger partial charge in [-0.1, -0.05) is 107 Å². The van der Waals surface area contributed by atoms with E-state index in [0.717, 1.165) is 48.6 Å². The van der Waals surface area contributed by atoms with E-state index in [1.165, 1.54) is 70.0 Å². The van der Waals surface area contributed by atoms with Gasteiger partial charge in [0.2, 0.25) is 0 Å². The Morgan fingerprint density at radius 1 is 0.660 bits per heavy atom. The molecule has 2 fully saturated rings. The van der Waals surface area contributed by atoms with Gasteiger partial charge in [0.1, 0.15) is 11.5 Å². The van der Waals surface area contributed by atoms with E-state index in [2.05, 4.69) is 142 Å². The molecule has 5 aromatic rings. The average Bonchev–Trinajstić information content (AvgIpc) is 3.39. The first-order chi connectivity index (χ1) is 24.1. The fraction of sp³-hybridized carbons (Fsp3) is 0.362. The first-order valence-electron chi connectivity index (χ1n) is 18.7. The predicted molar refractivity (Wildman–Crippen MR) is 208 cm³/mol. The number of anilines is 1. The maximum Gasteiger partial charge on any atom is 0.178 e. The summed E-state index contributed by atoms with van der Waals surface area (Å²) in [5, 5.41) is 2.46. The van der Waals surface area contributed by atoms with Crippen LogP contribution in [0.5, 0.6) is 11.5 Å². The molecule has 2 aliphatic carbocycles. The zero-order valence-corrected chi connectivity index (χ0v) is 30.3. The number of ether oxygens (including phenoxy) is 2. The second kappa shape index (κ2) is 11.3. The van der Waals surface area contributed by atoms with Gasteiger partial charge in [-0.05, 0) is 107 Å². The maximum atomic E-state index is 7.68. The van der Waals surface area contributed by atoms with Crippen molar-refractivity contribution in [3.8, 4) is 22.6 Å². The Morgan fingerprint density at radius 2 is 1.28 bits per heavy atom. The summed E-state index contributed by atoms with van der Waals surface area (Å²) in [7, 11) is 1.73. The lowest BCUT2D eigenvalue weighted by atomic mass is 9.52. The topological polar surface area (TPSA) is 21.7 Å². The Bertz CT molecular complexity index is 2120. The molecule has 0 radical (unpaired) electrons. The van der Waals surface area contributed by atoms with Crippen LogP contribution in [-0.4, -0.2) is 20.2 Å². The molecule has 0 bridgehead atoms. The SMILES string of the molecule is COc1ccc(C2(c3ccc(N4CCCCC4)cc3)C=Cc3c4c(c5ccccc5c3O2)-c2ccccc2C42CC(C)(C)CC(C)(C)C2)cc1. The highest BCUT2D eigenvalue weighted by Crippen LogP contribution is 2.66. The summed E-state index contributed by atoms with van der Waals surface area (Å²) in [5.41, 5.74) is 9.99. The largest absolute Gasteiger partial charge is 0.497 e. The van der Waals surface area contributed by atoms with Crippen LogP contribution in [0.4, 0.5) is 5.69 Å². The summed E-state index contributed by atoms with van der Waals surface area (Å²) in [6.45, 7) is 12.2. The van der Waals surface area contributed by atoms with E-state index in [9.17, 15) is 0 Å². The van der Waals surface area contributed by atoms with Crippen LogP contribution in [0.2, 0.25) is 0 Å². The van der Waals surface area contributed by atoms with Crippen LogP contribution in [0.15, 0.2) is 103 Å². The highest BCUT2D eigenvalue weighted by atomic mass is 16.5. The molecule has 254 valence electrons. The molecule has 3 heteroatoms. The Labute approximate surface area is 297 Å². The van der Waals surface area contributed by atoms with Crippen LogP contribution in [0, 0.1) is 10.8 Å². The van der Waals surface area contributed by atoms with Crippen LogP contribution in [-0.2, 0) is 11.0 Å². The number of nitrogens with zero attached hydrogens (tertiary/aromatic N) is 1. The van der Waals surface area contributed by atoms with E-state index in [0.29, 0.717) is 0 Å². The predicted octanol–water partition coefficient (Wildman–Crippen LogP) is 11.7. The fourth-order valence-electron chi connectivity index (χ4n) is 11.0. The third-order valence-corrected chi connectivity index (χ3v) is 12.2. The van der Waals surface area contributed by atoms with Gasteiger partial charge in [0.25, 0.3) is 0 Å². The molecule has 1 atom stereocenters. The van der Waals surface area contributed by atoms with Gasteiger partial charge in [-0.3, -0.25) is 0 Å². The van der Waals surface area contributed by atoms with Gasteiger partial charge in [0, 0.05) is 46.3 Å². The Morgan fingerprint density at radius 3 is 1.96 bits per heavy atom. The van der Waals surface area contributed by atoms with Crippen molar-refractivity contribution in [3.05, 3.63) is 131 Å². The van der Waals surface area contributed by atoms with Gasteiger partial charge in [0.05, 0.1) is 7.11 Å². The van der Waals surface area contributed by atoms with Gasteiger partial charge >= 0.3 is 0 Å². The molecular formula is C47H49NO2. The summed E-state index contributed by atoms with van der Waals surface area (Å²) >= 11 is 0. The molecule has 2 heterocycles. The van der Waals surface area contributed by atoms with E-state index in [4.69, 9.17) is 9.47 Å². The molecule has 1 unspecified atom stereocenters. The zero-order valence-electron chi connectivity index (χ0n) is 30.3. The van der Waals surface area contributed by atoms with Gasteiger partial charge in [-0.2, -0.15) is 0 Å². The number of methoxy groups -OCH3 is 1. The quantitative estimate of drug-likeness (QED) is 0.192. The number of rotatable bonds is 4. The van der Waals surface area contributed by atoms with Crippen LogP contribution in [0.1, 0.15) is 94.0 Å². The van der Waals surface area contributed by atoms with Crippen molar-refractivity contribution in [2.45, 2.75) is 77.2 Å². The third kappa shape index (κ3) is 4.76. The van der Waals surface area contributed by atoms with Crippen molar-refractivity contribution in [1.82, 2.24) is 0 Å². The molecule has 0 N–H and O–H groups in total. The van der Waals surface area contributed by atoms with E-state index >= 15 is 0 Å². The van der Waals surface area contributed by atoms with Crippen molar-refractivity contribution in [2.24, 2.45) is 10.8 Å². The molecule has 50 heavy (non-hydrogen) atoms. The lowest BCUT2D eigenvalue weighted by Crippen LogP contribution is -2.44. The number of hydrogen-bond donors (Lipinski definition) is 0. The van der Waals surface area contributed by atoms with Gasteiger partial charge in [-0.25, -0.2) is 0 Å². The van der Waals surface area contributed by atoms with E-state index in [1.807, 2.05) is 0 Å². The van der Waals surface area contributed by atoms with Gasteiger partial charge in [-0.15, -0.1) is 0 Å². The van der Waals surface area contributed by atoms with Crippen LogP contribution in [0.3, 0.4) is 0 Å². The first-order valence-corrected chi connectivity index (χ1v) is 18.7. The highest BCUT2D eigenvalue weighted by Gasteiger charge is 2.55. The van der Waals surface area contributed by atoms with Crippen LogP contribution in [0.25, 0.3) is 28.0 Å². The lowest BCUT2D eigenvalue weighted by molar-refractivity contribution is 0.0642. The van der Waals surface area contributed by atoms with Crippen molar-refractivity contribution >= 4 is 22.5 Å². The normalized spacial score (nSPS) is 22.5. The molecular weight excluding hydrogens is 611 g/mol. The second-order valence-corrected chi connectivity index (χ2v) is 17.0. The Balaban J connectivity index is 1.29. The number of hydrogen-bond acceptors (Lipinski definition) is 3. The molecule has 5 aromatic carbocycles. The van der Waals surface area contributed by atoms with Crippen LogP contribution < -0.4 is 14.4 Å². The molecule has 0 aromatic heterocycles. The summed E-state index contributed by atoms with van der Waals surface area (Å²) in [5.74, 6) is 1.83. The fourth-order valence-corrected chi connectivity index (χ4v) is 11.0. The van der Waals surface area contributed by atoms with Crippen molar-refractivity contribution in [3.63, 3.8) is 0 Å². The van der Waals surface area contributed by atoms with E-state index < -0.39 is 5.60 Å². The molecule has 1 saturated heterocycles. The molecule has 2 aliphatic heterocycles. The lowest BCUT2D eigenvalue weighted by Gasteiger charge is -2.52. The van der Waals surface area contributed by atoms with E-state index in [-0.39, 0.29) is 16.2 Å². The minimum Gasteiger partial charge on any atom is -0.497 e. The maximum absolute atomic E-state index is 7.68. The number of piperidine rings is 1. The second-order valence-electron chi connectivity index (χ2n) is 17.0. The van der Waals surface area contributed by atoms with Crippen molar-refractivity contribution in [2.75, 3.05) is 25.1 Å². The minimum absolute atomic E-state index is 0.102. The molecule has 3 nitrogen and oxygen atoms in total. The van der Waals surface area contributed by atoms with Crippen LogP contribution >= 0.6 is 0 Å². The highest BCUT2D eigenvalue weighted by molar-refractivity contribution is 6.08. The molecule has 1 saturated carbocycles. The molecule has 4 aliphatic rings. The first kappa shape index (κ1) is 31.5. The monoisotopic (exact) mass is 659 g/mol.